The van der Waals surface area contributed by atoms with E-state index in [0.717, 1.165) is 36.5 Å². The van der Waals surface area contributed by atoms with Gasteiger partial charge in [-0.25, -0.2) is 4.98 Å². The highest BCUT2D eigenvalue weighted by atomic mass is 16.6. The van der Waals surface area contributed by atoms with Crippen LogP contribution in [-0.4, -0.2) is 74.4 Å². The highest BCUT2D eigenvalue weighted by Crippen LogP contribution is 2.71. The van der Waals surface area contributed by atoms with Crippen LogP contribution in [0.25, 0.3) is 16.3 Å². The molecule has 0 radical (unpaired) electrons. The first-order valence-electron chi connectivity index (χ1n) is 13.8. The van der Waals surface area contributed by atoms with E-state index in [0.29, 0.717) is 25.1 Å². The number of allylic oxidation sites excluding steroid dienone is 2. The lowest BCUT2D eigenvalue weighted by Gasteiger charge is -2.65. The van der Waals surface area contributed by atoms with E-state index in [1.165, 1.54) is 11.1 Å². The van der Waals surface area contributed by atoms with Gasteiger partial charge in [0.15, 0.2) is 0 Å². The maximum atomic E-state index is 12.3. The predicted octanol–water partition coefficient (Wildman–Crippen LogP) is 3.12. The van der Waals surface area contributed by atoms with Gasteiger partial charge in [0.05, 0.1) is 23.4 Å². The number of nitrogen functional groups attached to an aromatic ring is 1. The quantitative estimate of drug-likeness (QED) is 0.496. The van der Waals surface area contributed by atoms with E-state index in [4.69, 9.17) is 10.5 Å². The minimum Gasteiger partial charge on any atom is -0.390 e. The van der Waals surface area contributed by atoms with Crippen molar-refractivity contribution in [3.05, 3.63) is 42.1 Å². The Morgan fingerprint density at radius 2 is 1.86 bits per heavy atom. The van der Waals surface area contributed by atoms with E-state index in [2.05, 4.69) is 36.2 Å². The van der Waals surface area contributed by atoms with E-state index in [9.17, 15) is 15.3 Å². The van der Waals surface area contributed by atoms with Crippen LogP contribution in [0.15, 0.2) is 36.5 Å². The molecule has 2 saturated carbocycles. The Bertz CT molecular complexity index is 1310. The summed E-state index contributed by atoms with van der Waals surface area (Å²) in [5.74, 6) is 0.457. The molecule has 198 valence electrons. The molecule has 2 aliphatic heterocycles. The lowest BCUT2D eigenvalue weighted by atomic mass is 9.51. The zero-order valence-electron chi connectivity index (χ0n) is 22.0. The zero-order chi connectivity index (χ0) is 26.0. The number of benzene rings is 1. The molecule has 5 N–H and O–H groups in total. The van der Waals surface area contributed by atoms with Gasteiger partial charge in [-0.1, -0.05) is 25.1 Å². The van der Waals surface area contributed by atoms with E-state index >= 15 is 0 Å². The van der Waals surface area contributed by atoms with Gasteiger partial charge in [-0.15, -0.1) is 0 Å². The normalized spacial score (nSPS) is 46.5. The Labute approximate surface area is 218 Å². The Hall–Kier alpha value is -2.03. The third-order valence-electron chi connectivity index (χ3n) is 11.4. The molecule has 1 aromatic carbocycles. The van der Waals surface area contributed by atoms with Crippen LogP contribution in [0.5, 0.6) is 0 Å². The number of likely N-dealkylation sites (N-methyl/N-ethyl adjacent to an activating group) is 1. The smallest absolute Gasteiger partial charge is 0.131 e. The summed E-state index contributed by atoms with van der Waals surface area (Å²) in [6.07, 6.45) is 7.56. The van der Waals surface area contributed by atoms with Crippen LogP contribution >= 0.6 is 0 Å². The lowest BCUT2D eigenvalue weighted by molar-refractivity contribution is -0.331. The minimum atomic E-state index is -1.000. The van der Waals surface area contributed by atoms with E-state index in [1.807, 2.05) is 25.1 Å². The van der Waals surface area contributed by atoms with Gasteiger partial charge in [0.1, 0.15) is 11.4 Å². The fourth-order valence-corrected chi connectivity index (χ4v) is 9.43. The van der Waals surface area contributed by atoms with Crippen molar-refractivity contribution in [2.24, 2.45) is 17.3 Å². The van der Waals surface area contributed by atoms with E-state index in [1.54, 1.807) is 6.20 Å². The van der Waals surface area contributed by atoms with Gasteiger partial charge in [-0.3, -0.25) is 0 Å². The fourth-order valence-electron chi connectivity index (χ4n) is 9.43. The van der Waals surface area contributed by atoms with Gasteiger partial charge in [0.2, 0.25) is 0 Å². The number of nitrogens with two attached hydrogens (primary N) is 1. The van der Waals surface area contributed by atoms with Gasteiger partial charge in [0, 0.05) is 29.5 Å². The number of fused-ring (bicyclic) bond motifs is 2. The molecular formula is C30H39N3O4. The molecule has 7 rings (SSSR count). The second-order valence-electron chi connectivity index (χ2n) is 13.1. The van der Waals surface area contributed by atoms with Gasteiger partial charge >= 0.3 is 0 Å². The molecule has 2 aromatic rings. The van der Waals surface area contributed by atoms with Crippen LogP contribution in [0.2, 0.25) is 0 Å². The molecule has 7 heteroatoms. The highest BCUT2D eigenvalue weighted by Gasteiger charge is 2.76. The van der Waals surface area contributed by atoms with Gasteiger partial charge < -0.3 is 30.7 Å². The van der Waals surface area contributed by atoms with Crippen LogP contribution in [0.1, 0.15) is 57.4 Å². The lowest BCUT2D eigenvalue weighted by Crippen LogP contribution is -2.73. The molecule has 37 heavy (non-hydrogen) atoms. The average molecular weight is 506 g/mol. The van der Waals surface area contributed by atoms with Gasteiger partial charge in [0.25, 0.3) is 0 Å². The number of aliphatic hydroxyl groups excluding tert-OH is 2. The molecular weight excluding hydrogens is 466 g/mol. The molecule has 3 heterocycles. The monoisotopic (exact) mass is 505 g/mol. The van der Waals surface area contributed by atoms with Crippen molar-refractivity contribution in [3.8, 4) is 0 Å². The van der Waals surface area contributed by atoms with Crippen molar-refractivity contribution in [1.82, 2.24) is 9.88 Å². The molecule has 2 bridgehead atoms. The molecule has 9 atom stereocenters. The molecule has 5 aliphatic rings. The van der Waals surface area contributed by atoms with Crippen molar-refractivity contribution < 1.29 is 20.1 Å². The van der Waals surface area contributed by atoms with Crippen LogP contribution in [0.3, 0.4) is 0 Å². The Balaban J connectivity index is 1.27. The van der Waals surface area contributed by atoms with Crippen LogP contribution < -0.4 is 5.73 Å². The summed E-state index contributed by atoms with van der Waals surface area (Å²) in [6, 6.07) is 8.30. The number of anilines is 1. The Morgan fingerprint density at radius 1 is 1.05 bits per heavy atom. The van der Waals surface area contributed by atoms with Crippen LogP contribution in [-0.2, 0) is 4.74 Å². The number of ether oxygens (including phenoxy) is 1. The molecule has 1 aromatic heterocycles. The van der Waals surface area contributed by atoms with E-state index < -0.39 is 29.0 Å². The van der Waals surface area contributed by atoms with Crippen molar-refractivity contribution >= 4 is 22.2 Å². The van der Waals surface area contributed by atoms with E-state index in [-0.39, 0.29) is 23.3 Å². The van der Waals surface area contributed by atoms with Crippen molar-refractivity contribution in [2.75, 3.05) is 19.8 Å². The largest absolute Gasteiger partial charge is 0.390 e. The number of pyridine rings is 1. The molecule has 3 aliphatic carbocycles. The minimum absolute atomic E-state index is 0.120. The van der Waals surface area contributed by atoms with Crippen molar-refractivity contribution in [2.45, 2.75) is 86.9 Å². The topological polar surface area (TPSA) is 112 Å². The van der Waals surface area contributed by atoms with Crippen molar-refractivity contribution in [3.63, 3.8) is 0 Å². The van der Waals surface area contributed by atoms with Gasteiger partial charge in [-0.05, 0) is 93.1 Å². The second-order valence-corrected chi connectivity index (χ2v) is 13.1. The summed E-state index contributed by atoms with van der Waals surface area (Å²) in [7, 11) is 3.92. The maximum absolute atomic E-state index is 12.3. The summed E-state index contributed by atoms with van der Waals surface area (Å²) in [5.41, 5.74) is 6.39. The van der Waals surface area contributed by atoms with Gasteiger partial charge in [-0.2, -0.15) is 0 Å². The molecule has 4 fully saturated rings. The van der Waals surface area contributed by atoms with Crippen LogP contribution in [0, 0.1) is 17.3 Å². The first-order valence-corrected chi connectivity index (χ1v) is 13.8. The molecule has 7 nitrogen and oxygen atoms in total. The first-order chi connectivity index (χ1) is 17.5. The Morgan fingerprint density at radius 3 is 2.65 bits per heavy atom. The fraction of sp³-hybridized carbons (Fsp3) is 0.633. The Kier molecular flexibility index (Phi) is 4.90. The highest BCUT2D eigenvalue weighted by molar-refractivity contribution is 5.93. The second kappa shape index (κ2) is 7.54. The first kappa shape index (κ1) is 24.0. The molecule has 9 unspecified atom stereocenters. The predicted molar refractivity (Wildman–Crippen MR) is 143 cm³/mol. The number of rotatable bonds is 2. The number of nitrogens with zero attached hydrogens (tertiary/aromatic N) is 2. The summed E-state index contributed by atoms with van der Waals surface area (Å²) < 4.78 is 7.23. The average Bonchev–Trinajstić information content (AvgIpc) is 3.40. The standard InChI is InChI=1S/C30H39N3O4/c1-27-9-11-29(36)15-21-24(34)25(35)22(33(2)3)16-28(21)10-12-30(29,37-28)23(27)7-6-20(27)18-4-5-19-17(14-18)8-13-32-26(19)31/h4-6,8,13-14,21-25,34-36H,7,9-12,15-16H2,1-3H3,(H2,31,32). The zero-order valence-corrected chi connectivity index (χ0v) is 22.0. The SMILES string of the molecule is CN(C)C1CC23CCC4(O2)C2CC=C(c5ccc6c(N)nccc6c5)C2(C)CCC4(O)CC3C(O)C1O. The molecule has 2 saturated heterocycles. The molecule has 0 amide bonds. The maximum Gasteiger partial charge on any atom is 0.131 e. The third kappa shape index (κ3) is 2.92. The van der Waals surface area contributed by atoms with Crippen molar-refractivity contribution in [1.29, 1.82) is 0 Å². The summed E-state index contributed by atoms with van der Waals surface area (Å²) >= 11 is 0. The number of aromatic nitrogens is 1. The summed E-state index contributed by atoms with van der Waals surface area (Å²) in [5, 5.41) is 36.6. The third-order valence-corrected chi connectivity index (χ3v) is 11.4. The molecule has 2 spiro atoms. The number of aliphatic hydroxyl groups is 3. The summed E-state index contributed by atoms with van der Waals surface area (Å²) in [4.78, 5) is 6.24. The summed E-state index contributed by atoms with van der Waals surface area (Å²) in [6.45, 7) is 2.36. The van der Waals surface area contributed by atoms with Crippen LogP contribution in [0.4, 0.5) is 5.82 Å². The number of hydrogen-bond donors (Lipinski definition) is 4. The number of hydrogen-bond acceptors (Lipinski definition) is 7.